The van der Waals surface area contributed by atoms with Gasteiger partial charge in [0.15, 0.2) is 5.41 Å². The maximum Gasteiger partial charge on any atom is 0.410 e. The maximum atomic E-state index is 15.0. The standard InChI is InChI=1S/C22H20FN5O3/c1-3-31-21(29)28-7-6-14-16(9-24)20(27)22(11-25,12-26)19(17(14)10-28)15-8-13(30-2)4-5-18(15)23/h4-6,8,16-17,19,27H,3,7,10H2,1-2H3/t16?,17-,19-/m1/s1. The van der Waals surface area contributed by atoms with Crippen molar-refractivity contribution in [2.75, 3.05) is 26.8 Å². The number of methoxy groups -OCH3 is 1. The van der Waals surface area contributed by atoms with Crippen LogP contribution >= 0.6 is 0 Å². The number of halogens is 1. The lowest BCUT2D eigenvalue weighted by atomic mass is 9.54. The van der Waals surface area contributed by atoms with Crippen LogP contribution in [0.3, 0.4) is 0 Å². The molecule has 1 amide bonds. The van der Waals surface area contributed by atoms with E-state index in [1.54, 1.807) is 13.0 Å². The molecule has 3 rings (SSSR count). The van der Waals surface area contributed by atoms with Crippen LogP contribution < -0.4 is 4.74 Å². The molecule has 1 unspecified atom stereocenters. The van der Waals surface area contributed by atoms with Crippen LogP contribution in [0.2, 0.25) is 0 Å². The average Bonchev–Trinajstić information content (AvgIpc) is 2.79. The Bertz CT molecular complexity index is 1060. The number of hydrogen-bond acceptors (Lipinski definition) is 7. The fraction of sp³-hybridized carbons (Fsp3) is 0.409. The molecular weight excluding hydrogens is 401 g/mol. The molecule has 9 heteroatoms. The predicted molar refractivity (Wildman–Crippen MR) is 106 cm³/mol. The van der Waals surface area contributed by atoms with Gasteiger partial charge in [-0.1, -0.05) is 6.08 Å². The summed E-state index contributed by atoms with van der Waals surface area (Å²) in [6.45, 7) is 2.00. The Labute approximate surface area is 179 Å². The molecule has 1 aromatic carbocycles. The van der Waals surface area contributed by atoms with Crippen molar-refractivity contribution in [1.29, 1.82) is 21.2 Å². The molecule has 158 valence electrons. The molecule has 31 heavy (non-hydrogen) atoms. The van der Waals surface area contributed by atoms with Crippen LogP contribution in [0.25, 0.3) is 0 Å². The van der Waals surface area contributed by atoms with E-state index in [1.807, 2.05) is 18.2 Å². The predicted octanol–water partition coefficient (Wildman–Crippen LogP) is 3.14. The summed E-state index contributed by atoms with van der Waals surface area (Å²) < 4.78 is 25.3. The van der Waals surface area contributed by atoms with Gasteiger partial charge >= 0.3 is 6.09 Å². The first-order valence-electron chi connectivity index (χ1n) is 9.64. The molecule has 1 aliphatic heterocycles. The number of fused-ring (bicyclic) bond motifs is 1. The molecule has 1 aliphatic carbocycles. The summed E-state index contributed by atoms with van der Waals surface area (Å²) in [5.41, 5.74) is -1.96. The van der Waals surface area contributed by atoms with Gasteiger partial charge in [-0.05, 0) is 36.3 Å². The summed E-state index contributed by atoms with van der Waals surface area (Å²) >= 11 is 0. The van der Waals surface area contributed by atoms with Gasteiger partial charge in [0.1, 0.15) is 17.5 Å². The van der Waals surface area contributed by atoms with Crippen LogP contribution in [-0.2, 0) is 4.74 Å². The summed E-state index contributed by atoms with van der Waals surface area (Å²) in [5.74, 6) is -3.33. The monoisotopic (exact) mass is 421 g/mol. The SMILES string of the molecule is CCOC(=O)N1CC=C2C(C#N)C(=N)C(C#N)(C#N)[C@H](c3cc(OC)ccc3F)[C@@H]2C1. The fourth-order valence-corrected chi connectivity index (χ4v) is 4.40. The van der Waals surface area contributed by atoms with E-state index in [4.69, 9.17) is 14.9 Å². The van der Waals surface area contributed by atoms with Crippen molar-refractivity contribution in [3.63, 3.8) is 0 Å². The zero-order chi connectivity index (χ0) is 22.8. The minimum atomic E-state index is -2.09. The van der Waals surface area contributed by atoms with E-state index in [-0.39, 0.29) is 31.0 Å². The fourth-order valence-electron chi connectivity index (χ4n) is 4.40. The number of nitrogens with zero attached hydrogens (tertiary/aromatic N) is 4. The Kier molecular flexibility index (Phi) is 5.95. The van der Waals surface area contributed by atoms with Crippen LogP contribution in [0.5, 0.6) is 5.75 Å². The van der Waals surface area contributed by atoms with E-state index in [2.05, 4.69) is 0 Å². The Balaban J connectivity index is 2.25. The third-order valence-electron chi connectivity index (χ3n) is 5.85. The molecule has 8 nitrogen and oxygen atoms in total. The van der Waals surface area contributed by atoms with E-state index < -0.39 is 35.1 Å². The topological polar surface area (TPSA) is 134 Å². The van der Waals surface area contributed by atoms with Gasteiger partial charge in [0, 0.05) is 24.9 Å². The van der Waals surface area contributed by atoms with Gasteiger partial charge in [0.2, 0.25) is 0 Å². The van der Waals surface area contributed by atoms with Crippen molar-refractivity contribution in [3.8, 4) is 24.0 Å². The lowest BCUT2D eigenvalue weighted by molar-refractivity contribution is 0.0990. The first kappa shape index (κ1) is 21.8. The number of benzene rings is 1. The minimum absolute atomic E-state index is 0.0164. The molecular formula is C22H20FN5O3. The third-order valence-corrected chi connectivity index (χ3v) is 5.85. The molecule has 0 aromatic heterocycles. The molecule has 1 aromatic rings. The summed E-state index contributed by atoms with van der Waals surface area (Å²) in [6.07, 6.45) is 1.05. The Morgan fingerprint density at radius 3 is 2.65 bits per heavy atom. The van der Waals surface area contributed by atoms with Gasteiger partial charge in [-0.3, -0.25) is 0 Å². The van der Waals surface area contributed by atoms with Gasteiger partial charge in [0.05, 0.1) is 37.6 Å². The molecule has 0 saturated heterocycles. The minimum Gasteiger partial charge on any atom is -0.497 e. The average molecular weight is 421 g/mol. The van der Waals surface area contributed by atoms with Crippen LogP contribution in [0, 0.1) is 62.5 Å². The second-order valence-corrected chi connectivity index (χ2v) is 7.29. The molecule has 2 aliphatic rings. The van der Waals surface area contributed by atoms with Gasteiger partial charge < -0.3 is 19.8 Å². The van der Waals surface area contributed by atoms with Crippen molar-refractivity contribution in [2.24, 2.45) is 17.3 Å². The summed E-state index contributed by atoms with van der Waals surface area (Å²) in [5, 5.41) is 38.3. The highest BCUT2D eigenvalue weighted by molar-refractivity contribution is 6.01. The molecule has 0 spiro atoms. The number of amides is 1. The van der Waals surface area contributed by atoms with Crippen molar-refractivity contribution in [1.82, 2.24) is 4.90 Å². The normalized spacial score (nSPS) is 24.0. The lowest BCUT2D eigenvalue weighted by Crippen LogP contribution is -2.53. The van der Waals surface area contributed by atoms with Crippen molar-refractivity contribution < 1.29 is 18.7 Å². The molecule has 0 bridgehead atoms. The van der Waals surface area contributed by atoms with Crippen LogP contribution in [0.4, 0.5) is 9.18 Å². The van der Waals surface area contributed by atoms with E-state index in [9.17, 15) is 20.6 Å². The summed E-state index contributed by atoms with van der Waals surface area (Å²) in [6, 6.07) is 9.76. The zero-order valence-electron chi connectivity index (χ0n) is 17.1. The van der Waals surface area contributed by atoms with Gasteiger partial charge in [0.25, 0.3) is 0 Å². The Hall–Kier alpha value is -3.90. The highest BCUT2D eigenvalue weighted by Gasteiger charge is 2.58. The second kappa shape index (κ2) is 8.45. The van der Waals surface area contributed by atoms with E-state index in [0.29, 0.717) is 11.3 Å². The molecule has 1 N–H and O–H groups in total. The van der Waals surface area contributed by atoms with Crippen LogP contribution in [0.15, 0.2) is 29.8 Å². The number of nitriles is 3. The molecule has 3 atom stereocenters. The maximum absolute atomic E-state index is 15.0. The smallest absolute Gasteiger partial charge is 0.410 e. The van der Waals surface area contributed by atoms with Crippen LogP contribution in [-0.4, -0.2) is 43.5 Å². The third kappa shape index (κ3) is 3.37. The molecule has 1 fully saturated rings. The van der Waals surface area contributed by atoms with Crippen molar-refractivity contribution in [2.45, 2.75) is 12.8 Å². The van der Waals surface area contributed by atoms with E-state index >= 15 is 4.39 Å². The van der Waals surface area contributed by atoms with Gasteiger partial charge in [-0.2, -0.15) is 15.8 Å². The molecule has 0 radical (unpaired) electrons. The number of nitrogens with one attached hydrogen (secondary N) is 1. The number of carbonyl (C=O) groups excluding carboxylic acids is 1. The highest BCUT2D eigenvalue weighted by atomic mass is 19.1. The van der Waals surface area contributed by atoms with Crippen molar-refractivity contribution >= 4 is 11.8 Å². The highest BCUT2D eigenvalue weighted by Crippen LogP contribution is 2.54. The first-order valence-corrected chi connectivity index (χ1v) is 9.64. The molecule has 1 heterocycles. The van der Waals surface area contributed by atoms with E-state index in [0.717, 1.165) is 0 Å². The quantitative estimate of drug-likeness (QED) is 0.745. The second-order valence-electron chi connectivity index (χ2n) is 7.29. The van der Waals surface area contributed by atoms with Gasteiger partial charge in [-0.25, -0.2) is 9.18 Å². The van der Waals surface area contributed by atoms with Gasteiger partial charge in [-0.15, -0.1) is 0 Å². The molecule has 1 saturated carbocycles. The number of carbonyl (C=O) groups is 1. The summed E-state index contributed by atoms with van der Waals surface area (Å²) in [7, 11) is 1.40. The van der Waals surface area contributed by atoms with E-state index in [1.165, 1.54) is 30.2 Å². The number of rotatable bonds is 3. The Morgan fingerprint density at radius 2 is 2.06 bits per heavy atom. The number of ether oxygens (including phenoxy) is 2. The lowest BCUT2D eigenvalue weighted by Gasteiger charge is -2.47. The largest absolute Gasteiger partial charge is 0.497 e. The first-order chi connectivity index (χ1) is 14.9. The van der Waals surface area contributed by atoms with Crippen molar-refractivity contribution in [3.05, 3.63) is 41.2 Å². The Morgan fingerprint density at radius 1 is 1.35 bits per heavy atom. The zero-order valence-corrected chi connectivity index (χ0v) is 17.1. The number of hydrogen-bond donors (Lipinski definition) is 1. The van der Waals surface area contributed by atoms with Crippen LogP contribution in [0.1, 0.15) is 18.4 Å². The summed E-state index contributed by atoms with van der Waals surface area (Å²) in [4.78, 5) is 13.7.